The van der Waals surface area contributed by atoms with Crippen LogP contribution in [0.5, 0.6) is 0 Å². The van der Waals surface area contributed by atoms with Crippen molar-refractivity contribution in [1.29, 1.82) is 0 Å². The molecule has 1 aliphatic heterocycles. The van der Waals surface area contributed by atoms with Gasteiger partial charge >= 0.3 is 0 Å². The Morgan fingerprint density at radius 2 is 2.05 bits per heavy atom. The Bertz CT molecular complexity index is 615. The predicted molar refractivity (Wildman–Crippen MR) is 95.1 cm³/mol. The molecule has 1 amide bonds. The molecule has 3 rings (SSSR count). The first-order chi connectivity index (χ1) is 9.81. The Morgan fingerprint density at radius 1 is 1.23 bits per heavy atom. The largest absolute Gasteiger partial charge is 0.316 e. The van der Waals surface area contributed by atoms with E-state index in [1.165, 1.54) is 6.42 Å². The number of halogens is 2. The molecular formula is C16H21Cl2N3O. The second kappa shape index (κ2) is 8.93. The van der Waals surface area contributed by atoms with E-state index in [4.69, 9.17) is 0 Å². The summed E-state index contributed by atoms with van der Waals surface area (Å²) in [5, 5.41) is 7.30. The number of benzene rings is 1. The molecule has 1 aromatic carbocycles. The van der Waals surface area contributed by atoms with Crippen molar-refractivity contribution in [3.8, 4) is 0 Å². The quantitative estimate of drug-likeness (QED) is 0.895. The van der Waals surface area contributed by atoms with Crippen molar-refractivity contribution < 1.29 is 4.79 Å². The second-order valence-corrected chi connectivity index (χ2v) is 5.33. The zero-order valence-corrected chi connectivity index (χ0v) is 13.9. The molecule has 1 atom stereocenters. The summed E-state index contributed by atoms with van der Waals surface area (Å²) in [6, 6.07) is 11.7. The molecule has 2 aromatic rings. The highest BCUT2D eigenvalue weighted by molar-refractivity contribution is 5.91. The first-order valence-corrected chi connectivity index (χ1v) is 7.17. The lowest BCUT2D eigenvalue weighted by Crippen LogP contribution is -2.15. The molecule has 0 saturated carbocycles. The molecule has 0 bridgehead atoms. The van der Waals surface area contributed by atoms with Crippen LogP contribution in [0.2, 0.25) is 0 Å². The maximum absolute atomic E-state index is 11.9. The molecule has 4 nitrogen and oxygen atoms in total. The van der Waals surface area contributed by atoms with Gasteiger partial charge in [0.1, 0.15) is 5.82 Å². The van der Waals surface area contributed by atoms with Crippen LogP contribution >= 0.6 is 24.8 Å². The molecule has 0 radical (unpaired) electrons. The Morgan fingerprint density at radius 3 is 2.82 bits per heavy atom. The summed E-state index contributed by atoms with van der Waals surface area (Å²) in [6.45, 7) is 2.13. The minimum atomic E-state index is 0. The number of pyridine rings is 1. The minimum absolute atomic E-state index is 0. The fraction of sp³-hybridized carbons (Fsp3) is 0.375. The summed E-state index contributed by atoms with van der Waals surface area (Å²) in [4.78, 5) is 16.4. The topological polar surface area (TPSA) is 54.0 Å². The number of rotatable bonds is 4. The molecule has 1 unspecified atom stereocenters. The van der Waals surface area contributed by atoms with Crippen molar-refractivity contribution in [2.45, 2.75) is 19.3 Å². The van der Waals surface area contributed by atoms with E-state index in [1.54, 1.807) is 0 Å². The smallest absolute Gasteiger partial charge is 0.225 e. The molecular weight excluding hydrogens is 321 g/mol. The van der Waals surface area contributed by atoms with Crippen LogP contribution in [0.4, 0.5) is 5.82 Å². The van der Waals surface area contributed by atoms with E-state index in [0.717, 1.165) is 30.4 Å². The first-order valence-electron chi connectivity index (χ1n) is 7.17. The number of fused-ring (bicyclic) bond motifs is 1. The molecule has 1 aliphatic rings. The Kier molecular flexibility index (Phi) is 7.59. The molecule has 2 N–H and O–H groups in total. The summed E-state index contributed by atoms with van der Waals surface area (Å²) in [7, 11) is 0. The van der Waals surface area contributed by atoms with Crippen molar-refractivity contribution in [2.24, 2.45) is 5.92 Å². The average molecular weight is 342 g/mol. The van der Waals surface area contributed by atoms with Gasteiger partial charge in [-0.15, -0.1) is 24.8 Å². The zero-order chi connectivity index (χ0) is 13.8. The van der Waals surface area contributed by atoms with Gasteiger partial charge < -0.3 is 10.6 Å². The Balaban J connectivity index is 0.00000121. The number of amides is 1. The van der Waals surface area contributed by atoms with E-state index in [9.17, 15) is 4.79 Å². The number of carbonyl (C=O) groups is 1. The first kappa shape index (κ1) is 18.7. The number of nitrogens with zero attached hydrogens (tertiary/aromatic N) is 1. The maximum Gasteiger partial charge on any atom is 0.225 e. The number of anilines is 1. The van der Waals surface area contributed by atoms with Crippen molar-refractivity contribution in [1.82, 2.24) is 10.3 Å². The number of aromatic nitrogens is 1. The zero-order valence-electron chi connectivity index (χ0n) is 12.2. The summed E-state index contributed by atoms with van der Waals surface area (Å²) >= 11 is 0. The standard InChI is InChI=1S/C16H19N3O.2ClH/c20-16(8-5-12-9-10-17-11-12)19-15-7-6-13-3-1-2-4-14(13)18-15;;/h1-4,6-7,12,17H,5,8-11H2,(H,18,19,20);2*1H. The van der Waals surface area contributed by atoms with Gasteiger partial charge in [0.05, 0.1) is 5.52 Å². The third-order valence-corrected chi connectivity index (χ3v) is 3.81. The fourth-order valence-electron chi connectivity index (χ4n) is 2.64. The molecule has 0 spiro atoms. The number of carbonyl (C=O) groups excluding carboxylic acids is 1. The van der Waals surface area contributed by atoms with Crippen LogP contribution in [0.3, 0.4) is 0 Å². The van der Waals surface area contributed by atoms with Gasteiger partial charge in [-0.25, -0.2) is 4.98 Å². The van der Waals surface area contributed by atoms with Crippen molar-refractivity contribution in [3.63, 3.8) is 0 Å². The van der Waals surface area contributed by atoms with Gasteiger partial charge in [0.2, 0.25) is 5.91 Å². The summed E-state index contributed by atoms with van der Waals surface area (Å²) in [5.74, 6) is 1.34. The van der Waals surface area contributed by atoms with Gasteiger partial charge in [-0.3, -0.25) is 4.79 Å². The van der Waals surface area contributed by atoms with Crippen LogP contribution in [0, 0.1) is 5.92 Å². The second-order valence-electron chi connectivity index (χ2n) is 5.33. The lowest BCUT2D eigenvalue weighted by atomic mass is 10.0. The highest BCUT2D eigenvalue weighted by atomic mass is 35.5. The molecule has 1 fully saturated rings. The SMILES string of the molecule is Cl.Cl.O=C(CCC1CCNC1)Nc1ccc2ccccc2n1. The third-order valence-electron chi connectivity index (χ3n) is 3.81. The van der Waals surface area contributed by atoms with E-state index in [0.29, 0.717) is 18.2 Å². The number of nitrogens with one attached hydrogen (secondary N) is 2. The highest BCUT2D eigenvalue weighted by Gasteiger charge is 2.15. The van der Waals surface area contributed by atoms with Crippen molar-refractivity contribution >= 4 is 47.4 Å². The maximum atomic E-state index is 11.9. The summed E-state index contributed by atoms with van der Waals surface area (Å²) in [6.07, 6.45) is 2.70. The molecule has 6 heteroatoms. The summed E-state index contributed by atoms with van der Waals surface area (Å²) < 4.78 is 0. The van der Waals surface area contributed by atoms with Crippen LogP contribution < -0.4 is 10.6 Å². The lowest BCUT2D eigenvalue weighted by Gasteiger charge is -2.08. The van der Waals surface area contributed by atoms with E-state index < -0.39 is 0 Å². The van der Waals surface area contributed by atoms with Crippen LogP contribution in [0.1, 0.15) is 19.3 Å². The molecule has 120 valence electrons. The van der Waals surface area contributed by atoms with Crippen LogP contribution in [0.15, 0.2) is 36.4 Å². The summed E-state index contributed by atoms with van der Waals surface area (Å²) in [5.41, 5.74) is 0.908. The van der Waals surface area contributed by atoms with Gasteiger partial charge in [0.25, 0.3) is 0 Å². The van der Waals surface area contributed by atoms with Crippen molar-refractivity contribution in [3.05, 3.63) is 36.4 Å². The number of para-hydroxylation sites is 1. The lowest BCUT2D eigenvalue weighted by molar-refractivity contribution is -0.116. The molecule has 1 aromatic heterocycles. The Labute approximate surface area is 142 Å². The van der Waals surface area contributed by atoms with E-state index in [2.05, 4.69) is 15.6 Å². The average Bonchev–Trinajstić information content (AvgIpc) is 2.98. The number of hydrogen-bond acceptors (Lipinski definition) is 3. The van der Waals surface area contributed by atoms with E-state index >= 15 is 0 Å². The van der Waals surface area contributed by atoms with Gasteiger partial charge in [-0.2, -0.15) is 0 Å². The van der Waals surface area contributed by atoms with Gasteiger partial charge in [0.15, 0.2) is 0 Å². The van der Waals surface area contributed by atoms with Crippen LogP contribution in [0.25, 0.3) is 10.9 Å². The highest BCUT2D eigenvalue weighted by Crippen LogP contribution is 2.17. The fourth-order valence-corrected chi connectivity index (χ4v) is 2.64. The number of hydrogen-bond donors (Lipinski definition) is 2. The third kappa shape index (κ3) is 4.83. The van der Waals surface area contributed by atoms with Gasteiger partial charge in [0, 0.05) is 11.8 Å². The van der Waals surface area contributed by atoms with Crippen molar-refractivity contribution in [2.75, 3.05) is 18.4 Å². The molecule has 0 aliphatic carbocycles. The minimum Gasteiger partial charge on any atom is -0.316 e. The van der Waals surface area contributed by atoms with Crippen LogP contribution in [-0.4, -0.2) is 24.0 Å². The monoisotopic (exact) mass is 341 g/mol. The van der Waals surface area contributed by atoms with Gasteiger partial charge in [-0.05, 0) is 50.0 Å². The molecule has 2 heterocycles. The van der Waals surface area contributed by atoms with E-state index in [-0.39, 0.29) is 30.7 Å². The molecule has 1 saturated heterocycles. The Hall–Kier alpha value is -1.36. The molecule has 22 heavy (non-hydrogen) atoms. The van der Waals surface area contributed by atoms with Gasteiger partial charge in [-0.1, -0.05) is 18.2 Å². The van der Waals surface area contributed by atoms with E-state index in [1.807, 2.05) is 36.4 Å². The normalized spacial score (nSPS) is 16.6. The van der Waals surface area contributed by atoms with Crippen LogP contribution in [-0.2, 0) is 4.79 Å². The predicted octanol–water partition coefficient (Wildman–Crippen LogP) is 3.41.